The number of thiophene rings is 1. The molecule has 2 nitrogen and oxygen atoms in total. The van der Waals surface area contributed by atoms with Gasteiger partial charge in [-0.15, -0.1) is 11.3 Å². The Bertz CT molecular complexity index is 553. The van der Waals surface area contributed by atoms with Gasteiger partial charge in [0.25, 0.3) is 0 Å². The number of anilines is 1. The van der Waals surface area contributed by atoms with Crippen LogP contribution in [-0.4, -0.2) is 17.3 Å². The molecule has 4 heteroatoms. The zero-order valence-corrected chi connectivity index (χ0v) is 12.8. The summed E-state index contributed by atoms with van der Waals surface area (Å²) in [6.45, 7) is 0. The lowest BCUT2D eigenvalue weighted by molar-refractivity contribution is -0.122. The van der Waals surface area contributed by atoms with Gasteiger partial charge in [-0.1, -0.05) is 24.3 Å². The van der Waals surface area contributed by atoms with Crippen LogP contribution in [0.1, 0.15) is 17.3 Å². The van der Waals surface area contributed by atoms with Gasteiger partial charge < -0.3 is 5.32 Å². The smallest absolute Gasteiger partial charge is 0.140 e. The minimum atomic E-state index is 0.0765. The number of carbonyl (C=O) groups is 1. The number of hydrogen-bond acceptors (Lipinski definition) is 4. The second-order valence-corrected chi connectivity index (χ2v) is 7.03. The second kappa shape index (κ2) is 6.46. The maximum atomic E-state index is 12.3. The fraction of sp³-hybridized carbons (Fsp3) is 0.312. The largest absolute Gasteiger partial charge is 0.377 e. The molecule has 0 saturated carbocycles. The van der Waals surface area contributed by atoms with Crippen LogP contribution in [0.3, 0.4) is 0 Å². The number of carbonyl (C=O) groups excluding carboxylic acids is 1. The molecule has 1 saturated heterocycles. The average molecular weight is 303 g/mol. The lowest BCUT2D eigenvalue weighted by atomic mass is 9.93. The van der Waals surface area contributed by atoms with E-state index in [0.717, 1.165) is 17.2 Å². The van der Waals surface area contributed by atoms with Crippen molar-refractivity contribution in [2.75, 3.05) is 16.8 Å². The van der Waals surface area contributed by atoms with E-state index in [9.17, 15) is 4.79 Å². The Morgan fingerprint density at radius 1 is 1.15 bits per heavy atom. The van der Waals surface area contributed by atoms with Gasteiger partial charge in [0.05, 0.1) is 12.0 Å². The topological polar surface area (TPSA) is 29.1 Å². The van der Waals surface area contributed by atoms with Gasteiger partial charge in [0, 0.05) is 28.5 Å². The highest BCUT2D eigenvalue weighted by Crippen LogP contribution is 2.35. The summed E-state index contributed by atoms with van der Waals surface area (Å²) in [6.07, 6.45) is 0.702. The van der Waals surface area contributed by atoms with Crippen molar-refractivity contribution in [1.82, 2.24) is 0 Å². The number of ketones is 1. The molecule has 1 aromatic heterocycles. The quantitative estimate of drug-likeness (QED) is 0.916. The number of Topliss-reactive ketones (excluding diaryl/α,β-unsaturated/α-hetero) is 1. The summed E-state index contributed by atoms with van der Waals surface area (Å²) in [6, 6.07) is 14.4. The number of nitrogens with one attached hydrogen (secondary N) is 1. The van der Waals surface area contributed by atoms with Gasteiger partial charge in [0.15, 0.2) is 0 Å². The number of rotatable bonds is 4. The maximum absolute atomic E-state index is 12.3. The van der Waals surface area contributed by atoms with E-state index < -0.39 is 0 Å². The van der Waals surface area contributed by atoms with Crippen molar-refractivity contribution in [1.29, 1.82) is 0 Å². The fourth-order valence-electron chi connectivity index (χ4n) is 2.50. The van der Waals surface area contributed by atoms with E-state index in [1.807, 2.05) is 30.0 Å². The van der Waals surface area contributed by atoms with Crippen LogP contribution >= 0.6 is 23.1 Å². The van der Waals surface area contributed by atoms with Gasteiger partial charge in [-0.3, -0.25) is 4.79 Å². The van der Waals surface area contributed by atoms with Crippen molar-refractivity contribution >= 4 is 34.6 Å². The van der Waals surface area contributed by atoms with E-state index in [1.165, 1.54) is 4.88 Å². The summed E-state index contributed by atoms with van der Waals surface area (Å²) in [4.78, 5) is 13.5. The first-order valence-electron chi connectivity index (χ1n) is 6.80. The van der Waals surface area contributed by atoms with E-state index in [1.54, 1.807) is 11.3 Å². The van der Waals surface area contributed by atoms with E-state index >= 15 is 0 Å². The molecule has 2 heterocycles. The molecule has 2 unspecified atom stereocenters. The van der Waals surface area contributed by atoms with Gasteiger partial charge in [0.2, 0.25) is 0 Å². The van der Waals surface area contributed by atoms with E-state index in [4.69, 9.17) is 0 Å². The molecule has 0 bridgehead atoms. The molecule has 0 amide bonds. The highest BCUT2D eigenvalue weighted by Gasteiger charge is 2.32. The lowest BCUT2D eigenvalue weighted by Gasteiger charge is -2.29. The lowest BCUT2D eigenvalue weighted by Crippen LogP contribution is -2.32. The maximum Gasteiger partial charge on any atom is 0.140 e. The molecule has 1 fully saturated rings. The van der Waals surface area contributed by atoms with Crippen LogP contribution in [0.25, 0.3) is 0 Å². The van der Waals surface area contributed by atoms with Crippen LogP contribution in [-0.2, 0) is 4.79 Å². The van der Waals surface area contributed by atoms with Crippen LogP contribution in [0.2, 0.25) is 0 Å². The Morgan fingerprint density at radius 3 is 2.70 bits per heavy atom. The molecule has 0 spiro atoms. The predicted molar refractivity (Wildman–Crippen MR) is 87.6 cm³/mol. The third-order valence-corrected chi connectivity index (χ3v) is 5.59. The summed E-state index contributed by atoms with van der Waals surface area (Å²) in [5.41, 5.74) is 1.08. The van der Waals surface area contributed by atoms with Crippen LogP contribution in [0.4, 0.5) is 5.69 Å². The summed E-state index contributed by atoms with van der Waals surface area (Å²) >= 11 is 3.61. The monoisotopic (exact) mass is 303 g/mol. The zero-order valence-electron chi connectivity index (χ0n) is 11.1. The Kier molecular flexibility index (Phi) is 4.43. The first-order chi connectivity index (χ1) is 9.84. The minimum Gasteiger partial charge on any atom is -0.377 e. The van der Waals surface area contributed by atoms with Gasteiger partial charge >= 0.3 is 0 Å². The highest BCUT2D eigenvalue weighted by molar-refractivity contribution is 7.99. The first kappa shape index (κ1) is 13.7. The Labute approximate surface area is 127 Å². The average Bonchev–Trinajstić information content (AvgIpc) is 3.01. The summed E-state index contributed by atoms with van der Waals surface area (Å²) < 4.78 is 0. The molecule has 2 aromatic rings. The summed E-state index contributed by atoms with van der Waals surface area (Å²) in [5, 5.41) is 5.64. The molecule has 0 radical (unpaired) electrons. The van der Waals surface area contributed by atoms with Crippen LogP contribution in [0.15, 0.2) is 47.8 Å². The molecule has 1 aliphatic heterocycles. The Hall–Kier alpha value is -1.26. The fourth-order valence-corrected chi connectivity index (χ4v) is 4.48. The van der Waals surface area contributed by atoms with Gasteiger partial charge in [-0.05, 0) is 23.6 Å². The Balaban J connectivity index is 1.86. The molecule has 1 aliphatic rings. The van der Waals surface area contributed by atoms with Crippen LogP contribution < -0.4 is 5.32 Å². The molecule has 1 aromatic carbocycles. The molecular formula is C16H17NOS2. The van der Waals surface area contributed by atoms with Crippen molar-refractivity contribution in [2.24, 2.45) is 5.92 Å². The normalized spacial score (nSPS) is 20.6. The number of benzene rings is 1. The van der Waals surface area contributed by atoms with Crippen molar-refractivity contribution in [2.45, 2.75) is 12.5 Å². The van der Waals surface area contributed by atoms with Crippen LogP contribution in [0, 0.1) is 5.92 Å². The highest BCUT2D eigenvalue weighted by atomic mass is 32.2. The second-order valence-electron chi connectivity index (χ2n) is 4.90. The predicted octanol–water partition coefficient (Wildman–Crippen LogP) is 4.22. The Morgan fingerprint density at radius 2 is 2.00 bits per heavy atom. The minimum absolute atomic E-state index is 0.0765. The molecule has 0 aliphatic carbocycles. The molecule has 20 heavy (non-hydrogen) atoms. The molecule has 1 N–H and O–H groups in total. The molecule has 3 rings (SSSR count). The van der Waals surface area contributed by atoms with Gasteiger partial charge in [-0.25, -0.2) is 0 Å². The van der Waals surface area contributed by atoms with Crippen molar-refractivity contribution < 1.29 is 4.79 Å². The van der Waals surface area contributed by atoms with Crippen LogP contribution in [0.5, 0.6) is 0 Å². The number of para-hydroxylation sites is 1. The summed E-state index contributed by atoms with van der Waals surface area (Å²) in [5.74, 6) is 2.36. The van der Waals surface area contributed by atoms with Gasteiger partial charge in [0.1, 0.15) is 5.78 Å². The summed E-state index contributed by atoms with van der Waals surface area (Å²) in [7, 11) is 0. The number of hydrogen-bond donors (Lipinski definition) is 1. The van der Waals surface area contributed by atoms with E-state index in [-0.39, 0.29) is 12.0 Å². The standard InChI is InChI=1S/C16H17NOS2/c18-14-8-10-19-11-13(14)16(15-7-4-9-20-15)17-12-5-2-1-3-6-12/h1-7,9,13,16-17H,8,10-11H2. The van der Waals surface area contributed by atoms with E-state index in [2.05, 4.69) is 35.0 Å². The molecular weight excluding hydrogens is 286 g/mol. The molecule has 2 atom stereocenters. The first-order valence-corrected chi connectivity index (χ1v) is 8.83. The van der Waals surface area contributed by atoms with Crippen molar-refractivity contribution in [3.05, 3.63) is 52.7 Å². The third kappa shape index (κ3) is 3.07. The zero-order chi connectivity index (χ0) is 13.8. The number of thioether (sulfide) groups is 1. The van der Waals surface area contributed by atoms with E-state index in [0.29, 0.717) is 12.2 Å². The van der Waals surface area contributed by atoms with Crippen molar-refractivity contribution in [3.8, 4) is 0 Å². The third-order valence-electron chi connectivity index (χ3n) is 3.55. The van der Waals surface area contributed by atoms with Crippen molar-refractivity contribution in [3.63, 3.8) is 0 Å². The SMILES string of the molecule is O=C1CCSCC1C(Nc1ccccc1)c1cccs1. The van der Waals surface area contributed by atoms with Gasteiger partial charge in [-0.2, -0.15) is 11.8 Å². The molecule has 104 valence electrons.